The molecule has 1 rings (SSSR count). The van der Waals surface area contributed by atoms with Gasteiger partial charge in [-0.05, 0) is 30.5 Å². The van der Waals surface area contributed by atoms with E-state index >= 15 is 0 Å². The fourth-order valence-corrected chi connectivity index (χ4v) is 1.76. The predicted octanol–water partition coefficient (Wildman–Crippen LogP) is 2.75. The predicted molar refractivity (Wildman–Crippen MR) is 65.9 cm³/mol. The Bertz CT molecular complexity index is 337. The Morgan fingerprint density at radius 1 is 1.19 bits per heavy atom. The maximum atomic E-state index is 6.16. The second-order valence-corrected chi connectivity index (χ2v) is 4.34. The first kappa shape index (κ1) is 12.8. The zero-order valence-electron chi connectivity index (χ0n) is 10.5. The lowest BCUT2D eigenvalue weighted by atomic mass is 9.97. The minimum Gasteiger partial charge on any atom is -0.497 e. The van der Waals surface area contributed by atoms with Crippen LogP contribution in [0.4, 0.5) is 0 Å². The number of ether oxygens (including phenoxy) is 2. The van der Waals surface area contributed by atoms with E-state index in [2.05, 4.69) is 13.8 Å². The molecule has 0 amide bonds. The first-order valence-electron chi connectivity index (χ1n) is 5.56. The quantitative estimate of drug-likeness (QED) is 0.834. The van der Waals surface area contributed by atoms with Crippen molar-refractivity contribution in [3.63, 3.8) is 0 Å². The minimum absolute atomic E-state index is 0.00921. The van der Waals surface area contributed by atoms with Gasteiger partial charge in [0.25, 0.3) is 0 Å². The summed E-state index contributed by atoms with van der Waals surface area (Å²) in [5.74, 6) is 2.20. The Morgan fingerprint density at radius 2 is 1.88 bits per heavy atom. The summed E-state index contributed by atoms with van der Waals surface area (Å²) >= 11 is 0. The number of nitrogens with two attached hydrogens (primary N) is 1. The van der Waals surface area contributed by atoms with E-state index in [0.29, 0.717) is 5.92 Å². The van der Waals surface area contributed by atoms with Crippen molar-refractivity contribution >= 4 is 0 Å². The monoisotopic (exact) mass is 223 g/mol. The third-order valence-corrected chi connectivity index (χ3v) is 2.56. The van der Waals surface area contributed by atoms with E-state index < -0.39 is 0 Å². The molecule has 0 bridgehead atoms. The Labute approximate surface area is 97.6 Å². The summed E-state index contributed by atoms with van der Waals surface area (Å²) in [4.78, 5) is 0. The summed E-state index contributed by atoms with van der Waals surface area (Å²) in [6, 6.07) is 5.72. The molecule has 0 spiro atoms. The van der Waals surface area contributed by atoms with Crippen molar-refractivity contribution in [3.05, 3.63) is 23.8 Å². The van der Waals surface area contributed by atoms with Crippen LogP contribution < -0.4 is 15.2 Å². The van der Waals surface area contributed by atoms with Crippen LogP contribution in [0.25, 0.3) is 0 Å². The second kappa shape index (κ2) is 5.75. The van der Waals surface area contributed by atoms with E-state index in [-0.39, 0.29) is 6.04 Å². The van der Waals surface area contributed by atoms with Crippen molar-refractivity contribution in [2.45, 2.75) is 26.3 Å². The van der Waals surface area contributed by atoms with Gasteiger partial charge in [-0.15, -0.1) is 0 Å². The molecule has 3 heteroatoms. The van der Waals surface area contributed by atoms with Crippen LogP contribution in [0, 0.1) is 5.92 Å². The van der Waals surface area contributed by atoms with Crippen LogP contribution in [-0.2, 0) is 0 Å². The molecule has 0 aliphatic rings. The largest absolute Gasteiger partial charge is 0.497 e. The second-order valence-electron chi connectivity index (χ2n) is 4.34. The maximum Gasteiger partial charge on any atom is 0.123 e. The van der Waals surface area contributed by atoms with E-state index in [0.717, 1.165) is 23.5 Å². The average molecular weight is 223 g/mol. The molecule has 0 radical (unpaired) electrons. The molecule has 0 aliphatic carbocycles. The van der Waals surface area contributed by atoms with Gasteiger partial charge in [0.15, 0.2) is 0 Å². The normalized spacial score (nSPS) is 12.6. The van der Waals surface area contributed by atoms with Gasteiger partial charge in [-0.25, -0.2) is 0 Å². The molecular weight excluding hydrogens is 202 g/mol. The van der Waals surface area contributed by atoms with Gasteiger partial charge < -0.3 is 15.2 Å². The fraction of sp³-hybridized carbons (Fsp3) is 0.538. The van der Waals surface area contributed by atoms with Gasteiger partial charge in [-0.3, -0.25) is 0 Å². The molecule has 1 aromatic rings. The molecule has 0 aromatic heterocycles. The fourth-order valence-electron chi connectivity index (χ4n) is 1.76. The zero-order valence-corrected chi connectivity index (χ0v) is 10.5. The lowest BCUT2D eigenvalue weighted by Crippen LogP contribution is -2.14. The number of benzene rings is 1. The van der Waals surface area contributed by atoms with Crippen LogP contribution in [-0.4, -0.2) is 14.2 Å². The van der Waals surface area contributed by atoms with Gasteiger partial charge in [-0.1, -0.05) is 13.8 Å². The highest BCUT2D eigenvalue weighted by Crippen LogP contribution is 2.31. The molecule has 1 atom stereocenters. The van der Waals surface area contributed by atoms with Crippen LogP contribution in [0.5, 0.6) is 11.5 Å². The minimum atomic E-state index is -0.00921. The highest BCUT2D eigenvalue weighted by Gasteiger charge is 2.14. The molecule has 90 valence electrons. The lowest BCUT2D eigenvalue weighted by molar-refractivity contribution is 0.390. The van der Waals surface area contributed by atoms with E-state index in [1.54, 1.807) is 14.2 Å². The van der Waals surface area contributed by atoms with Gasteiger partial charge in [0.2, 0.25) is 0 Å². The highest BCUT2D eigenvalue weighted by molar-refractivity contribution is 5.42. The van der Waals surface area contributed by atoms with Crippen LogP contribution >= 0.6 is 0 Å². The van der Waals surface area contributed by atoms with Gasteiger partial charge in [-0.2, -0.15) is 0 Å². The molecule has 0 saturated carbocycles. The third-order valence-electron chi connectivity index (χ3n) is 2.56. The molecular formula is C13H21NO2. The van der Waals surface area contributed by atoms with Crippen LogP contribution in [0.15, 0.2) is 18.2 Å². The molecule has 2 N–H and O–H groups in total. The number of methoxy groups -OCH3 is 2. The molecule has 16 heavy (non-hydrogen) atoms. The third kappa shape index (κ3) is 3.14. The standard InChI is InChI=1S/C13H21NO2/c1-9(2)7-12(14)11-8-10(15-3)5-6-13(11)16-4/h5-6,8-9,12H,7,14H2,1-4H3/t12-/m1/s1. The van der Waals surface area contributed by atoms with Crippen molar-refractivity contribution in [1.82, 2.24) is 0 Å². The average Bonchev–Trinajstić information content (AvgIpc) is 2.27. The van der Waals surface area contributed by atoms with Crippen molar-refractivity contribution in [3.8, 4) is 11.5 Å². The molecule has 3 nitrogen and oxygen atoms in total. The van der Waals surface area contributed by atoms with E-state index in [9.17, 15) is 0 Å². The topological polar surface area (TPSA) is 44.5 Å². The molecule has 0 unspecified atom stereocenters. The summed E-state index contributed by atoms with van der Waals surface area (Å²) in [5, 5.41) is 0. The summed E-state index contributed by atoms with van der Waals surface area (Å²) < 4.78 is 10.5. The van der Waals surface area contributed by atoms with Crippen molar-refractivity contribution in [2.75, 3.05) is 14.2 Å². The van der Waals surface area contributed by atoms with Crippen molar-refractivity contribution < 1.29 is 9.47 Å². The first-order valence-corrected chi connectivity index (χ1v) is 5.56. The van der Waals surface area contributed by atoms with E-state index in [4.69, 9.17) is 15.2 Å². The smallest absolute Gasteiger partial charge is 0.123 e. The van der Waals surface area contributed by atoms with Gasteiger partial charge in [0, 0.05) is 11.6 Å². The lowest BCUT2D eigenvalue weighted by Gasteiger charge is -2.18. The summed E-state index contributed by atoms with van der Waals surface area (Å²) in [6.07, 6.45) is 0.934. The summed E-state index contributed by atoms with van der Waals surface area (Å²) in [6.45, 7) is 4.32. The molecule has 0 aliphatic heterocycles. The Kier molecular flexibility index (Phi) is 4.62. The molecule has 1 aromatic carbocycles. The molecule has 0 fully saturated rings. The van der Waals surface area contributed by atoms with E-state index in [1.807, 2.05) is 18.2 Å². The Hall–Kier alpha value is -1.22. The number of hydrogen-bond acceptors (Lipinski definition) is 3. The maximum absolute atomic E-state index is 6.16. The zero-order chi connectivity index (χ0) is 12.1. The SMILES string of the molecule is COc1ccc(OC)c([C@H](N)CC(C)C)c1. The van der Waals surface area contributed by atoms with E-state index in [1.165, 1.54) is 0 Å². The van der Waals surface area contributed by atoms with Crippen molar-refractivity contribution in [1.29, 1.82) is 0 Å². The van der Waals surface area contributed by atoms with Gasteiger partial charge >= 0.3 is 0 Å². The van der Waals surface area contributed by atoms with Crippen LogP contribution in [0.2, 0.25) is 0 Å². The highest BCUT2D eigenvalue weighted by atomic mass is 16.5. The Morgan fingerprint density at radius 3 is 2.38 bits per heavy atom. The summed E-state index contributed by atoms with van der Waals surface area (Å²) in [7, 11) is 3.31. The van der Waals surface area contributed by atoms with Gasteiger partial charge in [0.1, 0.15) is 11.5 Å². The molecule has 0 saturated heterocycles. The number of rotatable bonds is 5. The molecule has 0 heterocycles. The van der Waals surface area contributed by atoms with Gasteiger partial charge in [0.05, 0.1) is 14.2 Å². The Balaban J connectivity index is 2.98. The number of hydrogen-bond donors (Lipinski definition) is 1. The van der Waals surface area contributed by atoms with Crippen molar-refractivity contribution in [2.24, 2.45) is 11.7 Å². The summed E-state index contributed by atoms with van der Waals surface area (Å²) in [5.41, 5.74) is 7.17. The van der Waals surface area contributed by atoms with Crippen LogP contribution in [0.1, 0.15) is 31.9 Å². The van der Waals surface area contributed by atoms with Crippen LogP contribution in [0.3, 0.4) is 0 Å². The first-order chi connectivity index (χ1) is 7.58.